The van der Waals surface area contributed by atoms with Crippen LogP contribution in [0.4, 0.5) is 0 Å². The van der Waals surface area contributed by atoms with E-state index in [1.165, 1.54) is 120 Å². The van der Waals surface area contributed by atoms with Gasteiger partial charge in [-0.1, -0.05) is 89.6 Å². The van der Waals surface area contributed by atoms with Gasteiger partial charge in [-0.25, -0.2) is 0 Å². The lowest BCUT2D eigenvalue weighted by molar-refractivity contribution is -0.928. The normalized spacial score (nSPS) is 11.8. The van der Waals surface area contributed by atoms with Crippen LogP contribution in [-0.2, 0) is 6.42 Å². The summed E-state index contributed by atoms with van der Waals surface area (Å²) in [7, 11) is 0. The van der Waals surface area contributed by atoms with Gasteiger partial charge in [0.1, 0.15) is 0 Å². The Kier molecular flexibility index (Phi) is 14.5. The van der Waals surface area contributed by atoms with Crippen molar-refractivity contribution in [1.29, 1.82) is 0 Å². The summed E-state index contributed by atoms with van der Waals surface area (Å²) in [6.07, 6.45) is 18.0. The van der Waals surface area contributed by atoms with Crippen molar-refractivity contribution in [2.75, 3.05) is 26.2 Å². The second-order valence-corrected chi connectivity index (χ2v) is 8.65. The number of nitrogens with zero attached hydrogens (tertiary/aromatic N) is 1. The van der Waals surface area contributed by atoms with Crippen LogP contribution in [0.25, 0.3) is 0 Å². The number of benzene rings is 1. The van der Waals surface area contributed by atoms with Crippen LogP contribution in [0.1, 0.15) is 103 Å². The van der Waals surface area contributed by atoms with E-state index >= 15 is 0 Å². The van der Waals surface area contributed by atoms with Gasteiger partial charge in [-0.2, -0.15) is 0 Å². The molecular formula is C26H48N+. The third-order valence-corrected chi connectivity index (χ3v) is 6.18. The Morgan fingerprint density at radius 1 is 0.519 bits per heavy atom. The van der Waals surface area contributed by atoms with Crippen molar-refractivity contribution in [2.24, 2.45) is 0 Å². The highest BCUT2D eigenvalue weighted by molar-refractivity contribution is 5.14. The predicted octanol–water partition coefficient (Wildman–Crippen LogP) is 7.79. The molecule has 0 N–H and O–H groups in total. The van der Waals surface area contributed by atoms with Crippen molar-refractivity contribution in [1.82, 2.24) is 0 Å². The lowest BCUT2D eigenvalue weighted by Gasteiger charge is -2.39. The molecular weight excluding hydrogens is 326 g/mol. The lowest BCUT2D eigenvalue weighted by Crippen LogP contribution is -2.51. The maximum Gasteiger partial charge on any atom is 0.0827 e. The predicted molar refractivity (Wildman–Crippen MR) is 122 cm³/mol. The van der Waals surface area contributed by atoms with E-state index in [0.29, 0.717) is 0 Å². The van der Waals surface area contributed by atoms with Crippen molar-refractivity contribution in [3.05, 3.63) is 35.9 Å². The van der Waals surface area contributed by atoms with Gasteiger partial charge < -0.3 is 4.48 Å². The molecule has 0 bridgehead atoms. The second-order valence-electron chi connectivity index (χ2n) is 8.65. The van der Waals surface area contributed by atoms with E-state index < -0.39 is 0 Å². The quantitative estimate of drug-likeness (QED) is 0.182. The first-order valence-corrected chi connectivity index (χ1v) is 12.2. The first-order valence-electron chi connectivity index (χ1n) is 12.2. The third-order valence-electron chi connectivity index (χ3n) is 6.18. The van der Waals surface area contributed by atoms with Gasteiger partial charge in [-0.05, 0) is 44.1 Å². The minimum atomic E-state index is 1.25. The van der Waals surface area contributed by atoms with Crippen molar-refractivity contribution in [2.45, 2.75) is 104 Å². The monoisotopic (exact) mass is 374 g/mol. The van der Waals surface area contributed by atoms with Crippen molar-refractivity contribution in [3.63, 3.8) is 0 Å². The maximum absolute atomic E-state index is 2.33. The molecule has 1 heteroatoms. The molecule has 0 saturated heterocycles. The van der Waals surface area contributed by atoms with Gasteiger partial charge >= 0.3 is 0 Å². The SMILES string of the molecule is CCCCCC[N+](CCCCCC)(CCCCCC)CCc1ccccc1. The zero-order valence-electron chi connectivity index (χ0n) is 18.9. The van der Waals surface area contributed by atoms with Gasteiger partial charge in [0, 0.05) is 6.42 Å². The van der Waals surface area contributed by atoms with Crippen LogP contribution >= 0.6 is 0 Å². The fraction of sp³-hybridized carbons (Fsp3) is 0.769. The van der Waals surface area contributed by atoms with Crippen LogP contribution in [0.3, 0.4) is 0 Å². The minimum absolute atomic E-state index is 1.25. The van der Waals surface area contributed by atoms with Crippen molar-refractivity contribution < 1.29 is 4.48 Å². The van der Waals surface area contributed by atoms with Crippen LogP contribution in [0.2, 0.25) is 0 Å². The number of rotatable bonds is 18. The molecule has 0 saturated carbocycles. The standard InChI is InChI=1S/C26H48N/c1-4-7-10-16-22-27(23-17-11-8-5-2,24-18-12-9-6-3)25-21-26-19-14-13-15-20-26/h13-15,19-20H,4-12,16-18,21-25H2,1-3H3/q+1. The van der Waals surface area contributed by atoms with Crippen LogP contribution in [0.15, 0.2) is 30.3 Å². The Labute approximate surface area is 171 Å². The Hall–Kier alpha value is -0.820. The summed E-state index contributed by atoms with van der Waals surface area (Å²) in [6, 6.07) is 11.2. The van der Waals surface area contributed by atoms with Gasteiger partial charge in [-0.15, -0.1) is 0 Å². The fourth-order valence-corrected chi connectivity index (χ4v) is 4.30. The second kappa shape index (κ2) is 16.2. The summed E-state index contributed by atoms with van der Waals surface area (Å²) >= 11 is 0. The van der Waals surface area contributed by atoms with Crippen molar-refractivity contribution in [3.8, 4) is 0 Å². The molecule has 0 aliphatic rings. The molecule has 27 heavy (non-hydrogen) atoms. The molecule has 1 aromatic carbocycles. The van der Waals surface area contributed by atoms with Crippen molar-refractivity contribution >= 4 is 0 Å². The summed E-state index contributed by atoms with van der Waals surface area (Å²) < 4.78 is 1.38. The van der Waals surface area contributed by atoms with E-state index in [4.69, 9.17) is 0 Å². The topological polar surface area (TPSA) is 0 Å². The lowest BCUT2D eigenvalue weighted by atomic mass is 10.1. The number of quaternary nitrogens is 1. The molecule has 0 heterocycles. The van der Waals surface area contributed by atoms with Crippen LogP contribution in [-0.4, -0.2) is 30.7 Å². The molecule has 0 spiro atoms. The van der Waals surface area contributed by atoms with Crippen LogP contribution in [0, 0.1) is 0 Å². The highest BCUT2D eigenvalue weighted by Crippen LogP contribution is 2.19. The first-order chi connectivity index (χ1) is 13.3. The molecule has 1 nitrogen and oxygen atoms in total. The molecule has 1 rings (SSSR count). The molecule has 0 radical (unpaired) electrons. The largest absolute Gasteiger partial charge is 0.323 e. The van der Waals surface area contributed by atoms with E-state index in [1.807, 2.05) is 0 Å². The van der Waals surface area contributed by atoms with Gasteiger partial charge in [0.25, 0.3) is 0 Å². The molecule has 0 aliphatic carbocycles. The third kappa shape index (κ3) is 11.6. The molecule has 0 amide bonds. The number of unbranched alkanes of at least 4 members (excludes halogenated alkanes) is 9. The highest BCUT2D eigenvalue weighted by atomic mass is 15.3. The van der Waals surface area contributed by atoms with E-state index in [-0.39, 0.29) is 0 Å². The zero-order valence-corrected chi connectivity index (χ0v) is 18.9. The van der Waals surface area contributed by atoms with Crippen LogP contribution < -0.4 is 0 Å². The average Bonchev–Trinajstić information content (AvgIpc) is 2.71. The number of hydrogen-bond donors (Lipinski definition) is 0. The molecule has 0 atom stereocenters. The molecule has 0 aromatic heterocycles. The fourth-order valence-electron chi connectivity index (χ4n) is 4.30. The average molecular weight is 375 g/mol. The molecule has 0 aliphatic heterocycles. The summed E-state index contributed by atoms with van der Waals surface area (Å²) in [5.41, 5.74) is 1.52. The highest BCUT2D eigenvalue weighted by Gasteiger charge is 2.26. The Bertz CT molecular complexity index is 394. The van der Waals surface area contributed by atoms with E-state index in [2.05, 4.69) is 51.1 Å². The molecule has 0 fully saturated rings. The van der Waals surface area contributed by atoms with E-state index in [1.54, 1.807) is 0 Å². The molecule has 1 aromatic rings. The molecule has 0 unspecified atom stereocenters. The minimum Gasteiger partial charge on any atom is -0.323 e. The van der Waals surface area contributed by atoms with E-state index in [9.17, 15) is 0 Å². The summed E-state index contributed by atoms with van der Waals surface area (Å²) in [5.74, 6) is 0. The smallest absolute Gasteiger partial charge is 0.0827 e. The van der Waals surface area contributed by atoms with Gasteiger partial charge in [0.05, 0.1) is 26.2 Å². The summed E-state index contributed by atoms with van der Waals surface area (Å²) in [6.45, 7) is 12.5. The van der Waals surface area contributed by atoms with Gasteiger partial charge in [0.15, 0.2) is 0 Å². The van der Waals surface area contributed by atoms with Gasteiger partial charge in [0.2, 0.25) is 0 Å². The Morgan fingerprint density at radius 2 is 0.963 bits per heavy atom. The van der Waals surface area contributed by atoms with Crippen LogP contribution in [0.5, 0.6) is 0 Å². The number of hydrogen-bond acceptors (Lipinski definition) is 0. The summed E-state index contributed by atoms with van der Waals surface area (Å²) in [5, 5.41) is 0. The Balaban J connectivity index is 2.71. The Morgan fingerprint density at radius 3 is 1.37 bits per heavy atom. The zero-order chi connectivity index (χ0) is 19.6. The van der Waals surface area contributed by atoms with Gasteiger partial charge in [-0.3, -0.25) is 0 Å². The van der Waals surface area contributed by atoms with E-state index in [0.717, 1.165) is 0 Å². The first kappa shape index (κ1) is 24.2. The maximum atomic E-state index is 2.33. The summed E-state index contributed by atoms with van der Waals surface area (Å²) in [4.78, 5) is 0. The molecule has 156 valence electrons.